The Labute approximate surface area is 59.1 Å². The molecule has 0 unspecified atom stereocenters. The van der Waals surface area contributed by atoms with Crippen molar-refractivity contribution in [3.8, 4) is 0 Å². The van der Waals surface area contributed by atoms with Crippen molar-refractivity contribution in [2.45, 2.75) is 0 Å². The summed E-state index contributed by atoms with van der Waals surface area (Å²) in [6.07, 6.45) is 0.670. The molecule has 48 valence electrons. The van der Waals surface area contributed by atoms with Gasteiger partial charge >= 0.3 is 58.2 Å². The van der Waals surface area contributed by atoms with E-state index < -0.39 is 0 Å². The van der Waals surface area contributed by atoms with Crippen LogP contribution in [0.4, 0.5) is 0 Å². The molecule has 0 aliphatic rings. The molecule has 0 atom stereocenters. The predicted molar refractivity (Wildman–Crippen MR) is 37.9 cm³/mol. The molecule has 0 bridgehead atoms. The van der Waals surface area contributed by atoms with Crippen LogP contribution in [-0.4, -0.2) is 13.4 Å². The van der Waals surface area contributed by atoms with Crippen LogP contribution < -0.4 is 5.46 Å². The van der Waals surface area contributed by atoms with Crippen molar-refractivity contribution in [1.29, 1.82) is 0 Å². The molecule has 0 aromatic heterocycles. The van der Waals surface area contributed by atoms with Gasteiger partial charge in [0.05, 0.1) is 0 Å². The maximum atomic E-state index is 10.2. The first-order chi connectivity index (χ1) is 4.88. The van der Waals surface area contributed by atoms with Crippen molar-refractivity contribution in [3.05, 3.63) is 29.8 Å². The van der Waals surface area contributed by atoms with Crippen molar-refractivity contribution in [2.24, 2.45) is 0 Å². The van der Waals surface area contributed by atoms with Gasteiger partial charge in [0.2, 0.25) is 0 Å². The molecular formula is C7H5BO2. The van der Waals surface area contributed by atoms with Crippen LogP contribution in [0.1, 0.15) is 10.4 Å². The van der Waals surface area contributed by atoms with Crippen molar-refractivity contribution in [2.75, 3.05) is 0 Å². The molecule has 0 fully saturated rings. The Morgan fingerprint density at radius 1 is 1.30 bits per heavy atom. The zero-order valence-electron chi connectivity index (χ0n) is 5.28. The monoisotopic (exact) mass is 132 g/mol. The molecule has 1 aromatic rings. The van der Waals surface area contributed by atoms with Gasteiger partial charge in [-0.1, -0.05) is 0 Å². The van der Waals surface area contributed by atoms with Gasteiger partial charge in [0.1, 0.15) is 0 Å². The average molecular weight is 132 g/mol. The zero-order chi connectivity index (χ0) is 7.40. The molecule has 2 nitrogen and oxygen atoms in total. The van der Waals surface area contributed by atoms with E-state index in [9.17, 15) is 9.50 Å². The van der Waals surface area contributed by atoms with Crippen LogP contribution in [0.25, 0.3) is 0 Å². The summed E-state index contributed by atoms with van der Waals surface area (Å²) in [4.78, 5) is 10.2. The van der Waals surface area contributed by atoms with E-state index in [4.69, 9.17) is 0 Å². The molecule has 0 saturated carbocycles. The molecule has 0 amide bonds. The van der Waals surface area contributed by atoms with Gasteiger partial charge in [-0.25, -0.2) is 0 Å². The van der Waals surface area contributed by atoms with Crippen molar-refractivity contribution in [3.63, 3.8) is 0 Å². The van der Waals surface area contributed by atoms with Gasteiger partial charge in [0, 0.05) is 0 Å². The predicted octanol–water partition coefficient (Wildman–Crippen LogP) is 0.174. The maximum absolute atomic E-state index is 10.2. The fourth-order valence-electron chi connectivity index (χ4n) is 0.726. The number of aldehydes is 1. The van der Waals surface area contributed by atoms with Gasteiger partial charge < -0.3 is 0 Å². The Balaban J connectivity index is 3.20. The Morgan fingerprint density at radius 3 is 2.50 bits per heavy atom. The minimum absolute atomic E-state index is 0.442. The van der Waals surface area contributed by atoms with E-state index in [0.29, 0.717) is 24.5 Å². The van der Waals surface area contributed by atoms with E-state index >= 15 is 0 Å². The molecule has 0 aliphatic heterocycles. The van der Waals surface area contributed by atoms with Gasteiger partial charge in [-0.2, -0.15) is 0 Å². The van der Waals surface area contributed by atoms with Gasteiger partial charge in [-0.3, -0.25) is 0 Å². The second-order valence-corrected chi connectivity index (χ2v) is 1.86. The molecule has 0 heterocycles. The molecule has 1 rings (SSSR count). The number of carbonyl (C=O) groups is 1. The first-order valence-corrected chi connectivity index (χ1v) is 2.88. The van der Waals surface area contributed by atoms with Crippen LogP contribution in [0.3, 0.4) is 0 Å². The van der Waals surface area contributed by atoms with Crippen LogP contribution >= 0.6 is 0 Å². The minimum atomic E-state index is 0.442. The molecule has 0 aliphatic carbocycles. The van der Waals surface area contributed by atoms with Crippen LogP contribution in [-0.2, 0) is 4.70 Å². The van der Waals surface area contributed by atoms with Gasteiger partial charge in [-0.05, 0) is 0 Å². The first kappa shape index (κ1) is 6.87. The Morgan fingerprint density at radius 2 is 2.00 bits per heavy atom. The van der Waals surface area contributed by atoms with Crippen molar-refractivity contribution in [1.82, 2.24) is 0 Å². The summed E-state index contributed by atoms with van der Waals surface area (Å²) in [5, 5.41) is 0. The SMILES string of the molecule is O=Bc1ccccc1C=O. The van der Waals surface area contributed by atoms with E-state index in [-0.39, 0.29) is 0 Å². The van der Waals surface area contributed by atoms with E-state index in [0.717, 1.165) is 0 Å². The summed E-state index contributed by atoms with van der Waals surface area (Å²) in [6.45, 7) is 0. The van der Waals surface area contributed by atoms with Crippen LogP contribution in [0.2, 0.25) is 0 Å². The van der Waals surface area contributed by atoms with Crippen molar-refractivity contribution >= 4 is 18.9 Å². The number of benzene rings is 1. The van der Waals surface area contributed by atoms with Crippen LogP contribution in [0, 0.1) is 0 Å². The summed E-state index contributed by atoms with van der Waals surface area (Å²) < 4.78 is 10.2. The van der Waals surface area contributed by atoms with Gasteiger partial charge in [0.15, 0.2) is 0 Å². The molecule has 0 N–H and O–H groups in total. The standard InChI is InChI=1S/C7H5BO2/c9-5-6-3-1-2-4-7(6)8-10/h1-5H. The van der Waals surface area contributed by atoms with E-state index in [1.54, 1.807) is 24.3 Å². The molecular weight excluding hydrogens is 127 g/mol. The molecule has 0 saturated heterocycles. The quantitative estimate of drug-likeness (QED) is 0.424. The van der Waals surface area contributed by atoms with Crippen LogP contribution in [0.5, 0.6) is 0 Å². The summed E-state index contributed by atoms with van der Waals surface area (Å²) in [6, 6.07) is 6.65. The average Bonchev–Trinajstić information content (AvgIpc) is 2.04. The third kappa shape index (κ3) is 1.18. The third-order valence-electron chi connectivity index (χ3n) is 1.25. The van der Waals surface area contributed by atoms with E-state index in [1.165, 1.54) is 0 Å². The molecule has 0 radical (unpaired) electrons. The topological polar surface area (TPSA) is 34.1 Å². The van der Waals surface area contributed by atoms with Crippen LogP contribution in [0.15, 0.2) is 24.3 Å². The Bertz CT molecular complexity index is 231. The second-order valence-electron chi connectivity index (χ2n) is 1.86. The number of hydrogen-bond acceptors (Lipinski definition) is 2. The second kappa shape index (κ2) is 3.06. The van der Waals surface area contributed by atoms with Crippen molar-refractivity contribution < 1.29 is 9.50 Å². The normalized spacial score (nSPS) is 8.40. The summed E-state index contributed by atoms with van der Waals surface area (Å²) in [7, 11) is 0.670. The summed E-state index contributed by atoms with van der Waals surface area (Å²) in [5.74, 6) is 0. The number of hydrogen-bond donors (Lipinski definition) is 0. The summed E-state index contributed by atoms with van der Waals surface area (Å²) >= 11 is 0. The number of carbonyl (C=O) groups excluding carboxylic acids is 1. The fourth-order valence-corrected chi connectivity index (χ4v) is 0.726. The van der Waals surface area contributed by atoms with E-state index in [2.05, 4.69) is 0 Å². The molecule has 0 spiro atoms. The van der Waals surface area contributed by atoms with E-state index in [1.807, 2.05) is 0 Å². The molecule has 10 heavy (non-hydrogen) atoms. The number of rotatable bonds is 2. The Hall–Kier alpha value is -1.25. The molecule has 1 aromatic carbocycles. The summed E-state index contributed by atoms with van der Waals surface area (Å²) in [5.41, 5.74) is 0.884. The molecule has 3 heteroatoms. The first-order valence-electron chi connectivity index (χ1n) is 2.88. The third-order valence-corrected chi connectivity index (χ3v) is 1.25. The fraction of sp³-hybridized carbons (Fsp3) is 0. The van der Waals surface area contributed by atoms with Gasteiger partial charge in [0.25, 0.3) is 0 Å². The zero-order valence-corrected chi connectivity index (χ0v) is 5.28. The Kier molecular flexibility index (Phi) is 2.10. The van der Waals surface area contributed by atoms with Gasteiger partial charge in [-0.15, -0.1) is 0 Å².